The number of allylic oxidation sites excluding steroid dienone is 4. The van der Waals surface area contributed by atoms with Gasteiger partial charge in [0.2, 0.25) is 0 Å². The number of hydrogen-bond donors (Lipinski definition) is 0. The first-order chi connectivity index (χ1) is 17.0. The molecule has 1 atom stereocenters. The molecule has 0 bridgehead atoms. The number of aromatic nitrogens is 3. The van der Waals surface area contributed by atoms with E-state index < -0.39 is 0 Å². The van der Waals surface area contributed by atoms with E-state index in [-0.39, 0.29) is 11.8 Å². The van der Waals surface area contributed by atoms with Crippen LogP contribution < -0.4 is 0 Å². The van der Waals surface area contributed by atoms with Gasteiger partial charge in [-0.1, -0.05) is 33.3 Å². The van der Waals surface area contributed by atoms with Gasteiger partial charge in [-0.15, -0.1) is 0 Å². The third-order valence-electron chi connectivity index (χ3n) is 7.31. The second kappa shape index (κ2) is 9.82. The molecule has 1 unspecified atom stereocenters. The maximum Gasteiger partial charge on any atom is 0.255 e. The molecule has 1 saturated heterocycles. The van der Waals surface area contributed by atoms with Crippen LogP contribution >= 0.6 is 0 Å². The lowest BCUT2D eigenvalue weighted by molar-refractivity contribution is -0.122. The molecular formula is C28H36N6O. The fourth-order valence-corrected chi connectivity index (χ4v) is 5.21. The highest BCUT2D eigenvalue weighted by Gasteiger charge is 2.26. The Labute approximate surface area is 208 Å². The van der Waals surface area contributed by atoms with E-state index in [0.29, 0.717) is 0 Å². The van der Waals surface area contributed by atoms with Crippen LogP contribution in [0.5, 0.6) is 0 Å². The van der Waals surface area contributed by atoms with Crippen LogP contribution in [0.25, 0.3) is 11.1 Å². The monoisotopic (exact) mass is 472 g/mol. The smallest absolute Gasteiger partial charge is 0.255 e. The molecule has 3 aliphatic rings. The molecule has 0 saturated carbocycles. The van der Waals surface area contributed by atoms with E-state index in [0.717, 1.165) is 91.6 Å². The number of carbonyl (C=O) groups excluding carboxylic acids is 1. The van der Waals surface area contributed by atoms with Crippen molar-refractivity contribution in [2.45, 2.75) is 47.0 Å². The largest absolute Gasteiger partial charge is 0.368 e. The van der Waals surface area contributed by atoms with Crippen molar-refractivity contribution in [2.24, 2.45) is 5.92 Å². The first-order valence-electron chi connectivity index (χ1n) is 12.9. The van der Waals surface area contributed by atoms with Crippen molar-refractivity contribution in [3.05, 3.63) is 71.2 Å². The summed E-state index contributed by atoms with van der Waals surface area (Å²) in [5.41, 5.74) is 6.95. The average molecular weight is 473 g/mol. The van der Waals surface area contributed by atoms with E-state index >= 15 is 0 Å². The molecule has 7 heteroatoms. The van der Waals surface area contributed by atoms with Crippen molar-refractivity contribution in [1.29, 1.82) is 0 Å². The molecule has 0 spiro atoms. The summed E-state index contributed by atoms with van der Waals surface area (Å²) in [4.78, 5) is 24.9. The van der Waals surface area contributed by atoms with Gasteiger partial charge in [-0.05, 0) is 56.0 Å². The zero-order valence-corrected chi connectivity index (χ0v) is 21.4. The van der Waals surface area contributed by atoms with E-state index in [9.17, 15) is 4.79 Å². The van der Waals surface area contributed by atoms with E-state index in [4.69, 9.17) is 10.1 Å². The lowest BCUT2D eigenvalue weighted by Crippen LogP contribution is -2.46. The number of fused-ring (bicyclic) bond motifs is 2. The second-order valence-corrected chi connectivity index (χ2v) is 9.82. The highest BCUT2D eigenvalue weighted by Crippen LogP contribution is 2.32. The van der Waals surface area contributed by atoms with Crippen LogP contribution in [0.4, 0.5) is 0 Å². The Morgan fingerprint density at radius 2 is 1.86 bits per heavy atom. The summed E-state index contributed by atoms with van der Waals surface area (Å²) in [6.07, 6.45) is 15.0. The lowest BCUT2D eigenvalue weighted by Gasteiger charge is -2.38. The summed E-state index contributed by atoms with van der Waals surface area (Å²) >= 11 is 0. The molecule has 1 fully saturated rings. The van der Waals surface area contributed by atoms with E-state index in [1.165, 1.54) is 0 Å². The molecule has 0 N–H and O–H groups in total. The summed E-state index contributed by atoms with van der Waals surface area (Å²) in [5, 5.41) is 4.88. The summed E-state index contributed by atoms with van der Waals surface area (Å²) in [6, 6.07) is 2.10. The van der Waals surface area contributed by atoms with Crippen LogP contribution in [0, 0.1) is 12.8 Å². The lowest BCUT2D eigenvalue weighted by atomic mass is 9.92. The zero-order chi connectivity index (χ0) is 24.5. The van der Waals surface area contributed by atoms with Gasteiger partial charge in [0.25, 0.3) is 5.91 Å². The van der Waals surface area contributed by atoms with Gasteiger partial charge in [0.1, 0.15) is 0 Å². The SMILES string of the molecule is CCCc1nc(C)cn2nc(C3=CC(=O)N4C=C(N5CCN(CC)CC5)C=CC4=CCC3C)cc12. The van der Waals surface area contributed by atoms with Gasteiger partial charge in [0, 0.05) is 44.2 Å². The number of rotatable bonds is 5. The predicted octanol–water partition coefficient (Wildman–Crippen LogP) is 4.17. The van der Waals surface area contributed by atoms with Crippen molar-refractivity contribution in [3.63, 3.8) is 0 Å². The standard InChI is InChI=1S/C28H36N6O/c1-5-7-25-27-17-26(30-34(27)18-21(4)29-25)24-16-28(35)33-19-23(11-10-22(33)9-8-20(24)3)32-14-12-31(6-2)13-15-32/h9-11,16-20H,5-8,12-15H2,1-4H3. The van der Waals surface area contributed by atoms with Gasteiger partial charge in [-0.3, -0.25) is 14.7 Å². The molecule has 184 valence electrons. The van der Waals surface area contributed by atoms with Gasteiger partial charge in [-0.25, -0.2) is 4.52 Å². The highest BCUT2D eigenvalue weighted by molar-refractivity contribution is 5.98. The minimum atomic E-state index is -0.0213. The Kier molecular flexibility index (Phi) is 6.60. The van der Waals surface area contributed by atoms with Crippen LogP contribution in [0.2, 0.25) is 0 Å². The first kappa shape index (κ1) is 23.5. The second-order valence-electron chi connectivity index (χ2n) is 9.82. The fraction of sp³-hybridized carbons (Fsp3) is 0.464. The third-order valence-corrected chi connectivity index (χ3v) is 7.31. The van der Waals surface area contributed by atoms with Crippen LogP contribution in [-0.4, -0.2) is 67.9 Å². The molecule has 0 aliphatic carbocycles. The van der Waals surface area contributed by atoms with Gasteiger partial charge in [0.15, 0.2) is 0 Å². The Morgan fingerprint density at radius 3 is 2.60 bits per heavy atom. The van der Waals surface area contributed by atoms with Crippen molar-refractivity contribution in [1.82, 2.24) is 29.3 Å². The van der Waals surface area contributed by atoms with Crippen molar-refractivity contribution < 1.29 is 4.79 Å². The Bertz CT molecular complexity index is 1240. The maximum absolute atomic E-state index is 13.6. The normalized spacial score (nSPS) is 21.4. The Hall–Kier alpha value is -3.19. The summed E-state index contributed by atoms with van der Waals surface area (Å²) < 4.78 is 1.93. The topological polar surface area (TPSA) is 57.0 Å². The number of nitrogens with zero attached hydrogens (tertiary/aromatic N) is 6. The average Bonchev–Trinajstić information content (AvgIpc) is 3.29. The van der Waals surface area contributed by atoms with Crippen LogP contribution in [0.1, 0.15) is 50.7 Å². The zero-order valence-electron chi connectivity index (χ0n) is 21.4. The van der Waals surface area contributed by atoms with E-state index in [1.807, 2.05) is 23.8 Å². The molecule has 5 rings (SSSR count). The number of piperazine rings is 1. The van der Waals surface area contributed by atoms with Crippen molar-refractivity contribution in [2.75, 3.05) is 32.7 Å². The molecule has 1 amide bonds. The van der Waals surface area contributed by atoms with Gasteiger partial charge >= 0.3 is 0 Å². The molecule has 3 aliphatic heterocycles. The number of amides is 1. The maximum atomic E-state index is 13.6. The summed E-state index contributed by atoms with van der Waals surface area (Å²) in [7, 11) is 0. The molecule has 2 aromatic heterocycles. The molecule has 0 aromatic carbocycles. The molecule has 0 radical (unpaired) electrons. The Morgan fingerprint density at radius 1 is 1.09 bits per heavy atom. The third kappa shape index (κ3) is 4.69. The Balaban J connectivity index is 1.46. The van der Waals surface area contributed by atoms with Crippen LogP contribution in [0.3, 0.4) is 0 Å². The van der Waals surface area contributed by atoms with Crippen LogP contribution in [0.15, 0.2) is 54.2 Å². The minimum absolute atomic E-state index is 0.0213. The quantitative estimate of drug-likeness (QED) is 0.654. The number of carbonyl (C=O) groups is 1. The molecule has 2 aromatic rings. The van der Waals surface area contributed by atoms with Gasteiger partial charge < -0.3 is 9.80 Å². The fourth-order valence-electron chi connectivity index (χ4n) is 5.21. The highest BCUT2D eigenvalue weighted by atomic mass is 16.2. The number of hydrogen-bond acceptors (Lipinski definition) is 5. The van der Waals surface area contributed by atoms with E-state index in [2.05, 4.69) is 54.9 Å². The molecular weight excluding hydrogens is 436 g/mol. The van der Waals surface area contributed by atoms with E-state index in [1.54, 1.807) is 11.0 Å². The van der Waals surface area contributed by atoms with Gasteiger partial charge in [0.05, 0.1) is 34.5 Å². The van der Waals surface area contributed by atoms with Crippen molar-refractivity contribution in [3.8, 4) is 0 Å². The molecule has 35 heavy (non-hydrogen) atoms. The number of aryl methyl sites for hydroxylation is 2. The summed E-state index contributed by atoms with van der Waals surface area (Å²) in [6.45, 7) is 13.7. The first-order valence-corrected chi connectivity index (χ1v) is 12.9. The molecule has 7 nitrogen and oxygen atoms in total. The van der Waals surface area contributed by atoms with Crippen LogP contribution in [-0.2, 0) is 11.2 Å². The minimum Gasteiger partial charge on any atom is -0.368 e. The number of likely N-dealkylation sites (N-methyl/N-ethyl adjacent to an activating group) is 1. The molecule has 5 heterocycles. The van der Waals surface area contributed by atoms with Crippen molar-refractivity contribution >= 4 is 17.0 Å². The van der Waals surface area contributed by atoms with Gasteiger partial charge in [-0.2, -0.15) is 5.10 Å². The summed E-state index contributed by atoms with van der Waals surface area (Å²) in [5.74, 6) is 0.162. The predicted molar refractivity (Wildman–Crippen MR) is 139 cm³/mol.